The fourth-order valence-corrected chi connectivity index (χ4v) is 0.903. The Morgan fingerprint density at radius 1 is 1.70 bits per heavy atom. The zero-order valence-corrected chi connectivity index (χ0v) is 6.57. The zero-order valence-electron chi connectivity index (χ0n) is 5.82. The fraction of sp³-hybridized carbons (Fsp3) is 0.250. The van der Waals surface area contributed by atoms with Gasteiger partial charge in [-0.3, -0.25) is 0 Å². The quantitative estimate of drug-likeness (QED) is 0.691. The standard InChI is InChI=1S/C8H9ClN/c1-2-10-8-5-3-4-7(9)6-8/h3-4,6,10H,2H2,1H3. The van der Waals surface area contributed by atoms with Crippen LogP contribution in [0.5, 0.6) is 0 Å². The molecule has 2 heteroatoms. The second-order valence-electron chi connectivity index (χ2n) is 1.95. The van der Waals surface area contributed by atoms with Crippen molar-refractivity contribution in [3.05, 3.63) is 29.3 Å². The second kappa shape index (κ2) is 3.47. The van der Waals surface area contributed by atoms with Gasteiger partial charge in [-0.1, -0.05) is 17.7 Å². The summed E-state index contributed by atoms with van der Waals surface area (Å²) in [5.41, 5.74) is 0.954. The van der Waals surface area contributed by atoms with Crippen LogP contribution in [-0.2, 0) is 0 Å². The first kappa shape index (κ1) is 7.42. The highest BCUT2D eigenvalue weighted by molar-refractivity contribution is 6.30. The smallest absolute Gasteiger partial charge is 0.0435 e. The minimum atomic E-state index is 0.745. The maximum atomic E-state index is 5.72. The SMILES string of the molecule is CCNc1[c]ccc(Cl)c1. The van der Waals surface area contributed by atoms with E-state index in [0.29, 0.717) is 0 Å². The predicted octanol–water partition coefficient (Wildman–Crippen LogP) is 2.57. The molecular weight excluding hydrogens is 146 g/mol. The average Bonchev–Trinajstić information content (AvgIpc) is 1.88. The lowest BCUT2D eigenvalue weighted by atomic mass is 10.3. The van der Waals surface area contributed by atoms with E-state index in [4.69, 9.17) is 11.6 Å². The highest BCUT2D eigenvalue weighted by atomic mass is 35.5. The van der Waals surface area contributed by atoms with Crippen molar-refractivity contribution >= 4 is 17.3 Å². The van der Waals surface area contributed by atoms with Crippen LogP contribution in [0.1, 0.15) is 6.92 Å². The molecule has 0 aliphatic rings. The summed E-state index contributed by atoms with van der Waals surface area (Å²) in [4.78, 5) is 0. The van der Waals surface area contributed by atoms with E-state index < -0.39 is 0 Å². The molecule has 1 radical (unpaired) electrons. The molecule has 0 saturated carbocycles. The van der Waals surface area contributed by atoms with Gasteiger partial charge >= 0.3 is 0 Å². The Labute approximate surface area is 66.0 Å². The van der Waals surface area contributed by atoms with Gasteiger partial charge in [-0.15, -0.1) is 0 Å². The van der Waals surface area contributed by atoms with Crippen molar-refractivity contribution in [2.45, 2.75) is 6.92 Å². The van der Waals surface area contributed by atoms with E-state index in [9.17, 15) is 0 Å². The molecule has 53 valence electrons. The van der Waals surface area contributed by atoms with Crippen LogP contribution in [0.4, 0.5) is 5.69 Å². The largest absolute Gasteiger partial charge is 0.385 e. The number of rotatable bonds is 2. The summed E-state index contributed by atoms with van der Waals surface area (Å²) < 4.78 is 0. The van der Waals surface area contributed by atoms with Gasteiger partial charge in [0.25, 0.3) is 0 Å². The van der Waals surface area contributed by atoms with Crippen LogP contribution in [0.3, 0.4) is 0 Å². The lowest BCUT2D eigenvalue weighted by Crippen LogP contribution is -1.95. The van der Waals surface area contributed by atoms with Gasteiger partial charge in [0.05, 0.1) is 0 Å². The monoisotopic (exact) mass is 154 g/mol. The molecule has 0 aromatic heterocycles. The molecule has 0 aliphatic heterocycles. The van der Waals surface area contributed by atoms with Gasteiger partial charge in [-0.25, -0.2) is 0 Å². The van der Waals surface area contributed by atoms with Crippen LogP contribution < -0.4 is 5.32 Å². The summed E-state index contributed by atoms with van der Waals surface area (Å²) in [6, 6.07) is 8.48. The molecule has 0 amide bonds. The predicted molar refractivity (Wildman–Crippen MR) is 44.5 cm³/mol. The van der Waals surface area contributed by atoms with Gasteiger partial charge in [-0.2, -0.15) is 0 Å². The van der Waals surface area contributed by atoms with Crippen molar-refractivity contribution in [1.29, 1.82) is 0 Å². The summed E-state index contributed by atoms with van der Waals surface area (Å²) in [6.07, 6.45) is 0. The summed E-state index contributed by atoms with van der Waals surface area (Å²) in [5.74, 6) is 0. The van der Waals surface area contributed by atoms with E-state index in [1.807, 2.05) is 19.1 Å². The maximum Gasteiger partial charge on any atom is 0.0435 e. The molecule has 0 saturated heterocycles. The minimum absolute atomic E-state index is 0.745. The first-order valence-electron chi connectivity index (χ1n) is 3.24. The van der Waals surface area contributed by atoms with E-state index in [1.54, 1.807) is 6.07 Å². The molecule has 0 aliphatic carbocycles. The molecule has 0 bridgehead atoms. The van der Waals surface area contributed by atoms with Crippen LogP contribution in [0.15, 0.2) is 18.2 Å². The fourth-order valence-electron chi connectivity index (χ4n) is 0.731. The van der Waals surface area contributed by atoms with Crippen LogP contribution in [0.25, 0.3) is 0 Å². The van der Waals surface area contributed by atoms with Gasteiger partial charge in [-0.05, 0) is 19.1 Å². The number of anilines is 1. The van der Waals surface area contributed by atoms with Crippen molar-refractivity contribution in [2.24, 2.45) is 0 Å². The number of halogens is 1. The number of benzene rings is 1. The summed E-state index contributed by atoms with van der Waals surface area (Å²) in [7, 11) is 0. The maximum absolute atomic E-state index is 5.72. The summed E-state index contributed by atoms with van der Waals surface area (Å²) >= 11 is 5.72. The molecule has 0 fully saturated rings. The zero-order chi connectivity index (χ0) is 7.40. The van der Waals surface area contributed by atoms with Crippen LogP contribution >= 0.6 is 11.6 Å². The Balaban J connectivity index is 2.75. The molecule has 0 spiro atoms. The van der Waals surface area contributed by atoms with E-state index in [1.165, 1.54) is 0 Å². The molecular formula is C8H9ClN. The molecule has 1 aromatic rings. The molecule has 0 unspecified atom stereocenters. The van der Waals surface area contributed by atoms with E-state index in [-0.39, 0.29) is 0 Å². The molecule has 10 heavy (non-hydrogen) atoms. The molecule has 1 rings (SSSR count). The Kier molecular flexibility index (Phi) is 2.57. The van der Waals surface area contributed by atoms with Gasteiger partial charge in [0.15, 0.2) is 0 Å². The lowest BCUT2D eigenvalue weighted by molar-refractivity contribution is 1.21. The first-order chi connectivity index (χ1) is 4.83. The highest BCUT2D eigenvalue weighted by Crippen LogP contribution is 2.13. The van der Waals surface area contributed by atoms with Gasteiger partial charge in [0.1, 0.15) is 0 Å². The Morgan fingerprint density at radius 3 is 3.10 bits per heavy atom. The normalized spacial score (nSPS) is 9.40. The molecule has 1 nitrogen and oxygen atoms in total. The van der Waals surface area contributed by atoms with E-state index in [2.05, 4.69) is 11.4 Å². The van der Waals surface area contributed by atoms with E-state index >= 15 is 0 Å². The van der Waals surface area contributed by atoms with Crippen LogP contribution in [-0.4, -0.2) is 6.54 Å². The Hall–Kier alpha value is -0.690. The van der Waals surface area contributed by atoms with E-state index in [0.717, 1.165) is 17.3 Å². The third-order valence-corrected chi connectivity index (χ3v) is 1.37. The topological polar surface area (TPSA) is 12.0 Å². The average molecular weight is 155 g/mol. The van der Waals surface area contributed by atoms with Gasteiger partial charge < -0.3 is 5.32 Å². The molecule has 0 atom stereocenters. The van der Waals surface area contributed by atoms with Crippen LogP contribution in [0.2, 0.25) is 5.02 Å². The lowest BCUT2D eigenvalue weighted by Gasteiger charge is -2.00. The van der Waals surface area contributed by atoms with Crippen molar-refractivity contribution in [1.82, 2.24) is 0 Å². The number of nitrogens with one attached hydrogen (secondary N) is 1. The minimum Gasteiger partial charge on any atom is -0.385 e. The number of hydrogen-bond donors (Lipinski definition) is 1. The first-order valence-corrected chi connectivity index (χ1v) is 3.62. The summed E-state index contributed by atoms with van der Waals surface area (Å²) in [6.45, 7) is 2.94. The van der Waals surface area contributed by atoms with Gasteiger partial charge in [0.2, 0.25) is 0 Å². The number of hydrogen-bond acceptors (Lipinski definition) is 1. The Bertz CT molecular complexity index is 210. The summed E-state index contributed by atoms with van der Waals surface area (Å²) in [5, 5.41) is 3.85. The third-order valence-electron chi connectivity index (χ3n) is 1.13. The molecule has 1 aromatic carbocycles. The van der Waals surface area contributed by atoms with Gasteiger partial charge in [0, 0.05) is 23.3 Å². The van der Waals surface area contributed by atoms with Crippen molar-refractivity contribution < 1.29 is 0 Å². The van der Waals surface area contributed by atoms with Crippen molar-refractivity contribution in [3.8, 4) is 0 Å². The third kappa shape index (κ3) is 1.92. The highest BCUT2D eigenvalue weighted by Gasteiger charge is 1.89. The molecule has 0 heterocycles. The molecule has 1 N–H and O–H groups in total. The van der Waals surface area contributed by atoms with Crippen molar-refractivity contribution in [2.75, 3.05) is 11.9 Å². The van der Waals surface area contributed by atoms with Crippen molar-refractivity contribution in [3.63, 3.8) is 0 Å². The Morgan fingerprint density at radius 2 is 2.50 bits per heavy atom. The van der Waals surface area contributed by atoms with Crippen LogP contribution in [0, 0.1) is 6.07 Å². The second-order valence-corrected chi connectivity index (χ2v) is 2.39.